The number of nitrogens with zero attached hydrogens (tertiary/aromatic N) is 2. The smallest absolute Gasteiger partial charge is 0.243 e. The van der Waals surface area contributed by atoms with Crippen LogP contribution in [0.5, 0.6) is 0 Å². The van der Waals surface area contributed by atoms with Crippen LogP contribution in [0.4, 0.5) is 0 Å². The molecule has 1 aromatic carbocycles. The van der Waals surface area contributed by atoms with Gasteiger partial charge in [0.2, 0.25) is 10.0 Å². The predicted octanol–water partition coefficient (Wildman–Crippen LogP) is 2.35. The molecule has 118 valence electrons. The second kappa shape index (κ2) is 6.90. The molecule has 1 fully saturated rings. The fourth-order valence-electron chi connectivity index (χ4n) is 2.69. The van der Waals surface area contributed by atoms with Gasteiger partial charge in [-0.25, -0.2) is 8.42 Å². The molecule has 1 unspecified atom stereocenters. The first-order chi connectivity index (χ1) is 9.98. The lowest BCUT2D eigenvalue weighted by molar-refractivity contribution is 0.142. The van der Waals surface area contributed by atoms with Crippen LogP contribution in [0.3, 0.4) is 0 Å². The molecular formula is C16H26N2O2S. The highest BCUT2D eigenvalue weighted by Crippen LogP contribution is 2.19. The Morgan fingerprint density at radius 1 is 1.05 bits per heavy atom. The van der Waals surface area contributed by atoms with Gasteiger partial charge in [0.15, 0.2) is 0 Å². The lowest BCUT2D eigenvalue weighted by Crippen LogP contribution is -2.51. The van der Waals surface area contributed by atoms with Crippen molar-refractivity contribution in [3.05, 3.63) is 29.8 Å². The van der Waals surface area contributed by atoms with Crippen LogP contribution >= 0.6 is 0 Å². The summed E-state index contributed by atoms with van der Waals surface area (Å²) in [7, 11) is -3.34. The van der Waals surface area contributed by atoms with E-state index in [1.807, 2.05) is 12.1 Å². The molecule has 1 aliphatic heterocycles. The zero-order valence-corrected chi connectivity index (χ0v) is 14.1. The summed E-state index contributed by atoms with van der Waals surface area (Å²) in [4.78, 5) is 2.78. The molecule has 5 heteroatoms. The normalized spacial score (nSPS) is 19.6. The molecule has 4 nitrogen and oxygen atoms in total. The molecule has 21 heavy (non-hydrogen) atoms. The van der Waals surface area contributed by atoms with E-state index in [9.17, 15) is 8.42 Å². The Balaban J connectivity index is 2.07. The van der Waals surface area contributed by atoms with Crippen LogP contribution in [0.25, 0.3) is 0 Å². The minimum absolute atomic E-state index is 0.414. The fourth-order valence-corrected chi connectivity index (χ4v) is 4.11. The summed E-state index contributed by atoms with van der Waals surface area (Å²) in [6.45, 7) is 9.25. The molecule has 0 aromatic heterocycles. The van der Waals surface area contributed by atoms with Gasteiger partial charge < -0.3 is 0 Å². The third-order valence-electron chi connectivity index (χ3n) is 4.46. The Kier molecular flexibility index (Phi) is 5.41. The number of rotatable bonds is 5. The minimum atomic E-state index is -3.34. The quantitative estimate of drug-likeness (QED) is 0.838. The lowest BCUT2D eigenvalue weighted by atomic mass is 10.2. The minimum Gasteiger partial charge on any atom is -0.298 e. The molecule has 1 heterocycles. The maximum atomic E-state index is 12.6. The largest absolute Gasteiger partial charge is 0.298 e. The molecule has 1 aliphatic rings. The van der Waals surface area contributed by atoms with Gasteiger partial charge in [-0.05, 0) is 37.5 Å². The van der Waals surface area contributed by atoms with Gasteiger partial charge in [-0.3, -0.25) is 4.90 Å². The Morgan fingerprint density at radius 3 is 2.10 bits per heavy atom. The first kappa shape index (κ1) is 16.5. The summed E-state index contributed by atoms with van der Waals surface area (Å²) in [6, 6.07) is 7.80. The van der Waals surface area contributed by atoms with E-state index in [1.54, 1.807) is 16.4 Å². The van der Waals surface area contributed by atoms with Crippen molar-refractivity contribution < 1.29 is 8.42 Å². The van der Waals surface area contributed by atoms with E-state index in [4.69, 9.17) is 0 Å². The molecule has 0 aliphatic carbocycles. The summed E-state index contributed by atoms with van der Waals surface area (Å²) in [5.41, 5.74) is 1.16. The third kappa shape index (κ3) is 3.65. The highest BCUT2D eigenvalue weighted by molar-refractivity contribution is 7.89. The van der Waals surface area contributed by atoms with Crippen LogP contribution < -0.4 is 0 Å². The van der Waals surface area contributed by atoms with Crippen molar-refractivity contribution in [3.63, 3.8) is 0 Å². The second-order valence-corrected chi connectivity index (χ2v) is 7.63. The Morgan fingerprint density at radius 2 is 1.62 bits per heavy atom. The maximum Gasteiger partial charge on any atom is 0.243 e. The summed E-state index contributed by atoms with van der Waals surface area (Å²) in [5.74, 6) is 0. The standard InChI is InChI=1S/C16H26N2O2S/c1-4-14(3)17-10-12-18(13-11-17)21(19,20)16-8-6-15(5-2)7-9-16/h6-9,14H,4-5,10-13H2,1-3H3. The van der Waals surface area contributed by atoms with Gasteiger partial charge in [0, 0.05) is 32.2 Å². The van der Waals surface area contributed by atoms with Gasteiger partial charge in [-0.15, -0.1) is 0 Å². The van der Waals surface area contributed by atoms with Crippen molar-refractivity contribution in [2.75, 3.05) is 26.2 Å². The molecule has 1 atom stereocenters. The topological polar surface area (TPSA) is 40.6 Å². The van der Waals surface area contributed by atoms with Crippen molar-refractivity contribution in [2.45, 2.75) is 44.6 Å². The fraction of sp³-hybridized carbons (Fsp3) is 0.625. The first-order valence-corrected chi connectivity index (χ1v) is 9.26. The van der Waals surface area contributed by atoms with E-state index in [0.717, 1.165) is 31.5 Å². The predicted molar refractivity (Wildman–Crippen MR) is 85.9 cm³/mol. The van der Waals surface area contributed by atoms with Crippen molar-refractivity contribution >= 4 is 10.0 Å². The van der Waals surface area contributed by atoms with Gasteiger partial charge in [-0.1, -0.05) is 26.0 Å². The number of benzene rings is 1. The van der Waals surface area contributed by atoms with Crippen molar-refractivity contribution in [1.82, 2.24) is 9.21 Å². The number of aryl methyl sites for hydroxylation is 1. The van der Waals surface area contributed by atoms with Crippen LogP contribution in [-0.2, 0) is 16.4 Å². The van der Waals surface area contributed by atoms with Gasteiger partial charge in [-0.2, -0.15) is 4.31 Å². The molecule has 2 rings (SSSR count). The van der Waals surface area contributed by atoms with E-state index in [1.165, 1.54) is 0 Å². The van der Waals surface area contributed by atoms with Crippen LogP contribution in [-0.4, -0.2) is 49.8 Å². The summed E-state index contributed by atoms with van der Waals surface area (Å²) in [5, 5.41) is 0. The molecule has 0 saturated carbocycles. The summed E-state index contributed by atoms with van der Waals surface area (Å²) < 4.78 is 26.9. The monoisotopic (exact) mass is 310 g/mol. The van der Waals surface area contributed by atoms with E-state index in [0.29, 0.717) is 24.0 Å². The molecule has 0 radical (unpaired) electrons. The van der Waals surface area contributed by atoms with Gasteiger partial charge >= 0.3 is 0 Å². The Bertz CT molecular complexity index is 546. The van der Waals surface area contributed by atoms with Crippen molar-refractivity contribution in [2.24, 2.45) is 0 Å². The van der Waals surface area contributed by atoms with Crippen LogP contribution in [0.2, 0.25) is 0 Å². The molecule has 0 bridgehead atoms. The highest BCUT2D eigenvalue weighted by Gasteiger charge is 2.29. The van der Waals surface area contributed by atoms with Crippen molar-refractivity contribution in [1.29, 1.82) is 0 Å². The Labute approximate surface area is 128 Å². The molecule has 0 amide bonds. The van der Waals surface area contributed by atoms with Crippen molar-refractivity contribution in [3.8, 4) is 0 Å². The number of hydrogen-bond donors (Lipinski definition) is 0. The number of sulfonamides is 1. The van der Waals surface area contributed by atoms with E-state index >= 15 is 0 Å². The first-order valence-electron chi connectivity index (χ1n) is 7.82. The average Bonchev–Trinajstić information content (AvgIpc) is 2.54. The number of piperazine rings is 1. The zero-order valence-electron chi connectivity index (χ0n) is 13.2. The van der Waals surface area contributed by atoms with Gasteiger partial charge in [0.25, 0.3) is 0 Å². The highest BCUT2D eigenvalue weighted by atomic mass is 32.2. The molecule has 1 aromatic rings. The molecular weight excluding hydrogens is 284 g/mol. The second-order valence-electron chi connectivity index (χ2n) is 5.69. The van der Waals surface area contributed by atoms with Gasteiger partial charge in [0.1, 0.15) is 0 Å². The average molecular weight is 310 g/mol. The SMILES string of the molecule is CCc1ccc(S(=O)(=O)N2CCN(C(C)CC)CC2)cc1. The zero-order chi connectivity index (χ0) is 15.5. The van der Waals surface area contributed by atoms with E-state index in [2.05, 4.69) is 25.7 Å². The van der Waals surface area contributed by atoms with Crippen LogP contribution in [0.1, 0.15) is 32.8 Å². The van der Waals surface area contributed by atoms with Crippen LogP contribution in [0, 0.1) is 0 Å². The molecule has 0 spiro atoms. The van der Waals surface area contributed by atoms with Gasteiger partial charge in [0.05, 0.1) is 4.90 Å². The summed E-state index contributed by atoms with van der Waals surface area (Å²) >= 11 is 0. The van der Waals surface area contributed by atoms with Crippen LogP contribution in [0.15, 0.2) is 29.2 Å². The Hall–Kier alpha value is -0.910. The van der Waals surface area contributed by atoms with E-state index < -0.39 is 10.0 Å². The maximum absolute atomic E-state index is 12.6. The lowest BCUT2D eigenvalue weighted by Gasteiger charge is -2.37. The third-order valence-corrected chi connectivity index (χ3v) is 6.37. The number of hydrogen-bond acceptors (Lipinski definition) is 3. The molecule has 1 saturated heterocycles. The van der Waals surface area contributed by atoms with E-state index in [-0.39, 0.29) is 0 Å². The summed E-state index contributed by atoms with van der Waals surface area (Å²) in [6.07, 6.45) is 2.03. The molecule has 0 N–H and O–H groups in total.